The van der Waals surface area contributed by atoms with Crippen LogP contribution in [0.1, 0.15) is 22.8 Å². The molecule has 2 aromatic carbocycles. The second kappa shape index (κ2) is 8.72. The van der Waals surface area contributed by atoms with Crippen molar-refractivity contribution in [2.75, 3.05) is 20.3 Å². The number of esters is 1. The van der Waals surface area contributed by atoms with Crippen LogP contribution >= 0.6 is 0 Å². The van der Waals surface area contributed by atoms with Crippen LogP contribution in [0.25, 0.3) is 0 Å². The highest BCUT2D eigenvalue weighted by Crippen LogP contribution is 2.15. The van der Waals surface area contributed by atoms with Crippen LogP contribution in [-0.4, -0.2) is 37.0 Å². The van der Waals surface area contributed by atoms with Crippen molar-refractivity contribution in [3.63, 3.8) is 0 Å². The van der Waals surface area contributed by atoms with Gasteiger partial charge in [-0.15, -0.1) is 0 Å². The van der Waals surface area contributed by atoms with E-state index >= 15 is 0 Å². The maximum Gasteiger partial charge on any atom is 0.325 e. The van der Waals surface area contributed by atoms with Gasteiger partial charge in [-0.05, 0) is 36.8 Å². The van der Waals surface area contributed by atoms with Crippen molar-refractivity contribution in [2.45, 2.75) is 13.5 Å². The molecular formula is C19H21NO4. The van der Waals surface area contributed by atoms with E-state index < -0.39 is 5.97 Å². The van der Waals surface area contributed by atoms with Crippen molar-refractivity contribution in [2.24, 2.45) is 0 Å². The van der Waals surface area contributed by atoms with Crippen LogP contribution in [0.15, 0.2) is 54.6 Å². The topological polar surface area (TPSA) is 55.8 Å². The van der Waals surface area contributed by atoms with E-state index in [1.54, 1.807) is 24.3 Å². The lowest BCUT2D eigenvalue weighted by atomic mass is 10.1. The highest BCUT2D eigenvalue weighted by Gasteiger charge is 2.19. The number of amides is 1. The smallest absolute Gasteiger partial charge is 0.325 e. The van der Waals surface area contributed by atoms with Crippen molar-refractivity contribution in [1.82, 2.24) is 4.90 Å². The molecule has 2 rings (SSSR count). The molecule has 0 bridgehead atoms. The van der Waals surface area contributed by atoms with E-state index in [0.717, 1.165) is 5.56 Å². The maximum absolute atomic E-state index is 12.7. The molecule has 0 saturated carbocycles. The first-order chi connectivity index (χ1) is 11.6. The molecule has 0 fully saturated rings. The summed E-state index contributed by atoms with van der Waals surface area (Å²) in [7, 11) is 1.31. The molecule has 5 nitrogen and oxygen atoms in total. The lowest BCUT2D eigenvalue weighted by molar-refractivity contribution is -0.141. The van der Waals surface area contributed by atoms with E-state index in [9.17, 15) is 9.59 Å². The molecule has 0 N–H and O–H groups in total. The number of hydrogen-bond acceptors (Lipinski definition) is 4. The third kappa shape index (κ3) is 4.84. The fourth-order valence-electron chi connectivity index (χ4n) is 2.27. The number of carbonyl (C=O) groups is 2. The predicted octanol–water partition coefficient (Wildman–Crippen LogP) is 2.90. The molecule has 0 aromatic heterocycles. The van der Waals surface area contributed by atoms with Crippen molar-refractivity contribution in [3.05, 3.63) is 65.7 Å². The van der Waals surface area contributed by atoms with Crippen LogP contribution in [0.2, 0.25) is 0 Å². The van der Waals surface area contributed by atoms with Gasteiger partial charge in [-0.1, -0.05) is 30.3 Å². The third-order valence-corrected chi connectivity index (χ3v) is 3.46. The van der Waals surface area contributed by atoms with Gasteiger partial charge in [0.25, 0.3) is 5.91 Å². The molecule has 0 atom stereocenters. The summed E-state index contributed by atoms with van der Waals surface area (Å²) >= 11 is 0. The second-order valence-electron chi connectivity index (χ2n) is 5.18. The Balaban J connectivity index is 2.18. The minimum Gasteiger partial charge on any atom is -0.494 e. The van der Waals surface area contributed by atoms with Gasteiger partial charge in [-0.25, -0.2) is 0 Å². The summed E-state index contributed by atoms with van der Waals surface area (Å²) in [6, 6.07) is 16.4. The predicted molar refractivity (Wildman–Crippen MR) is 90.8 cm³/mol. The zero-order chi connectivity index (χ0) is 17.4. The van der Waals surface area contributed by atoms with Gasteiger partial charge in [-0.3, -0.25) is 9.59 Å². The zero-order valence-electron chi connectivity index (χ0n) is 13.9. The lowest BCUT2D eigenvalue weighted by Gasteiger charge is -2.22. The van der Waals surface area contributed by atoms with E-state index in [0.29, 0.717) is 24.5 Å². The maximum atomic E-state index is 12.7. The lowest BCUT2D eigenvalue weighted by Crippen LogP contribution is -2.35. The Kier molecular flexibility index (Phi) is 6.37. The number of nitrogens with zero attached hydrogens (tertiary/aromatic N) is 1. The van der Waals surface area contributed by atoms with Gasteiger partial charge in [-0.2, -0.15) is 0 Å². The van der Waals surface area contributed by atoms with Crippen molar-refractivity contribution in [3.8, 4) is 5.75 Å². The normalized spacial score (nSPS) is 10.1. The summed E-state index contributed by atoms with van der Waals surface area (Å²) in [6.07, 6.45) is 0. The van der Waals surface area contributed by atoms with E-state index in [1.807, 2.05) is 37.3 Å². The Morgan fingerprint density at radius 1 is 1.00 bits per heavy atom. The van der Waals surface area contributed by atoms with E-state index in [-0.39, 0.29) is 12.5 Å². The number of methoxy groups -OCH3 is 1. The quantitative estimate of drug-likeness (QED) is 0.734. The number of carbonyl (C=O) groups excluding carboxylic acids is 2. The molecule has 5 heteroatoms. The molecule has 0 unspecified atom stereocenters. The second-order valence-corrected chi connectivity index (χ2v) is 5.18. The van der Waals surface area contributed by atoms with E-state index in [1.165, 1.54) is 12.0 Å². The molecule has 0 radical (unpaired) electrons. The first-order valence-corrected chi connectivity index (χ1v) is 7.77. The highest BCUT2D eigenvalue weighted by atomic mass is 16.5. The van der Waals surface area contributed by atoms with Crippen LogP contribution in [0.5, 0.6) is 5.75 Å². The van der Waals surface area contributed by atoms with Gasteiger partial charge in [0.05, 0.1) is 13.7 Å². The van der Waals surface area contributed by atoms with Crippen LogP contribution in [0, 0.1) is 0 Å². The number of ether oxygens (including phenoxy) is 2. The number of benzene rings is 2. The summed E-state index contributed by atoms with van der Waals surface area (Å²) in [5.74, 6) is 0.0224. The van der Waals surface area contributed by atoms with Gasteiger partial charge in [0.1, 0.15) is 12.3 Å². The van der Waals surface area contributed by atoms with Crippen LogP contribution in [0.4, 0.5) is 0 Å². The molecule has 126 valence electrons. The molecule has 0 saturated heterocycles. The molecule has 24 heavy (non-hydrogen) atoms. The first kappa shape index (κ1) is 17.5. The van der Waals surface area contributed by atoms with Crippen LogP contribution in [-0.2, 0) is 16.1 Å². The summed E-state index contributed by atoms with van der Waals surface area (Å²) in [6.45, 7) is 2.70. The third-order valence-electron chi connectivity index (χ3n) is 3.46. The largest absolute Gasteiger partial charge is 0.494 e. The Labute approximate surface area is 141 Å². The fourth-order valence-corrected chi connectivity index (χ4v) is 2.27. The molecule has 0 aliphatic heterocycles. The molecule has 1 amide bonds. The average molecular weight is 327 g/mol. The van der Waals surface area contributed by atoms with Gasteiger partial charge in [0.15, 0.2) is 0 Å². The molecule has 2 aromatic rings. The standard InChI is InChI=1S/C19H21NO4/c1-3-24-17-11-9-16(10-12-17)19(22)20(14-18(21)23-2)13-15-7-5-4-6-8-15/h4-12H,3,13-14H2,1-2H3. The summed E-state index contributed by atoms with van der Waals surface area (Å²) in [4.78, 5) is 25.9. The van der Waals surface area contributed by atoms with Gasteiger partial charge in [0, 0.05) is 12.1 Å². The molecule has 0 aliphatic rings. The van der Waals surface area contributed by atoms with E-state index in [2.05, 4.69) is 0 Å². The SMILES string of the molecule is CCOc1ccc(C(=O)N(CC(=O)OC)Cc2ccccc2)cc1. The Hall–Kier alpha value is -2.82. The molecule has 0 heterocycles. The molecular weight excluding hydrogens is 306 g/mol. The fraction of sp³-hybridized carbons (Fsp3) is 0.263. The Morgan fingerprint density at radius 2 is 1.67 bits per heavy atom. The minimum atomic E-state index is -0.454. The summed E-state index contributed by atoms with van der Waals surface area (Å²) in [5.41, 5.74) is 1.44. The first-order valence-electron chi connectivity index (χ1n) is 7.77. The van der Waals surface area contributed by atoms with Crippen molar-refractivity contribution in [1.29, 1.82) is 0 Å². The minimum absolute atomic E-state index is 0.0998. The van der Waals surface area contributed by atoms with Gasteiger partial charge < -0.3 is 14.4 Å². The van der Waals surface area contributed by atoms with Crippen molar-refractivity contribution >= 4 is 11.9 Å². The van der Waals surface area contributed by atoms with E-state index in [4.69, 9.17) is 9.47 Å². The summed E-state index contributed by atoms with van der Waals surface area (Å²) in [5, 5.41) is 0. The molecule has 0 aliphatic carbocycles. The summed E-state index contributed by atoms with van der Waals surface area (Å²) < 4.78 is 10.1. The van der Waals surface area contributed by atoms with Gasteiger partial charge >= 0.3 is 5.97 Å². The molecule has 0 spiro atoms. The van der Waals surface area contributed by atoms with Crippen molar-refractivity contribution < 1.29 is 19.1 Å². The zero-order valence-corrected chi connectivity index (χ0v) is 13.9. The number of rotatable bonds is 7. The average Bonchev–Trinajstić information content (AvgIpc) is 2.62. The van der Waals surface area contributed by atoms with Crippen LogP contribution in [0.3, 0.4) is 0 Å². The number of hydrogen-bond donors (Lipinski definition) is 0. The monoisotopic (exact) mass is 327 g/mol. The van der Waals surface area contributed by atoms with Gasteiger partial charge in [0.2, 0.25) is 0 Å². The Morgan fingerprint density at radius 3 is 2.25 bits per heavy atom. The highest BCUT2D eigenvalue weighted by molar-refractivity contribution is 5.96. The Bertz CT molecular complexity index is 668. The van der Waals surface area contributed by atoms with Crippen LogP contribution < -0.4 is 4.74 Å².